The highest BCUT2D eigenvalue weighted by Gasteiger charge is 2.12. The zero-order valence-corrected chi connectivity index (χ0v) is 16.1. The Hall–Kier alpha value is -2.87. The van der Waals surface area contributed by atoms with Gasteiger partial charge in [-0.2, -0.15) is 0 Å². The maximum atomic E-state index is 6.13. The van der Waals surface area contributed by atoms with Crippen LogP contribution in [0.2, 0.25) is 0 Å². The number of thioether (sulfide) groups is 1. The third kappa shape index (κ3) is 4.85. The molecule has 0 aliphatic rings. The van der Waals surface area contributed by atoms with Gasteiger partial charge < -0.3 is 20.1 Å². The summed E-state index contributed by atoms with van der Waals surface area (Å²) in [5, 5.41) is 8.97. The van der Waals surface area contributed by atoms with E-state index in [9.17, 15) is 0 Å². The third-order valence-corrected chi connectivity index (χ3v) is 4.64. The number of methoxy groups -OCH3 is 1. The second kappa shape index (κ2) is 9.18. The molecule has 3 aromatic rings. The number of nitrogens with zero attached hydrogens (tertiary/aromatic N) is 3. The lowest BCUT2D eigenvalue weighted by Gasteiger charge is -2.08. The first-order valence-electron chi connectivity index (χ1n) is 8.54. The van der Waals surface area contributed by atoms with Gasteiger partial charge in [-0.05, 0) is 55.5 Å². The van der Waals surface area contributed by atoms with Crippen molar-refractivity contribution in [1.82, 2.24) is 14.9 Å². The van der Waals surface area contributed by atoms with Crippen LogP contribution in [-0.2, 0) is 0 Å². The molecule has 2 N–H and O–H groups in total. The molecule has 0 aliphatic carbocycles. The van der Waals surface area contributed by atoms with Crippen molar-refractivity contribution < 1.29 is 14.2 Å². The topological polar surface area (TPSA) is 84.4 Å². The van der Waals surface area contributed by atoms with Gasteiger partial charge >= 0.3 is 0 Å². The van der Waals surface area contributed by atoms with Gasteiger partial charge in [-0.3, -0.25) is 0 Å². The Balaban J connectivity index is 1.52. The van der Waals surface area contributed by atoms with Crippen LogP contribution in [0.15, 0.2) is 53.7 Å². The van der Waals surface area contributed by atoms with E-state index in [4.69, 9.17) is 20.1 Å². The Morgan fingerprint density at radius 1 is 0.926 bits per heavy atom. The van der Waals surface area contributed by atoms with Crippen molar-refractivity contribution in [3.05, 3.63) is 48.5 Å². The molecule has 0 atom stereocenters. The highest BCUT2D eigenvalue weighted by molar-refractivity contribution is 7.99. The molecule has 27 heavy (non-hydrogen) atoms. The monoisotopic (exact) mass is 386 g/mol. The van der Waals surface area contributed by atoms with Crippen LogP contribution in [0.5, 0.6) is 17.2 Å². The van der Waals surface area contributed by atoms with Gasteiger partial charge in [-0.1, -0.05) is 11.8 Å². The maximum absolute atomic E-state index is 6.13. The number of nitrogens with two attached hydrogens (primary N) is 1. The van der Waals surface area contributed by atoms with Gasteiger partial charge in [0.15, 0.2) is 5.82 Å². The van der Waals surface area contributed by atoms with Crippen molar-refractivity contribution in [3.8, 4) is 28.6 Å². The van der Waals surface area contributed by atoms with Gasteiger partial charge in [0, 0.05) is 11.3 Å². The van der Waals surface area contributed by atoms with Gasteiger partial charge in [-0.25, -0.2) is 4.68 Å². The summed E-state index contributed by atoms with van der Waals surface area (Å²) in [6, 6.07) is 15.1. The summed E-state index contributed by atoms with van der Waals surface area (Å²) in [4.78, 5) is 0. The van der Waals surface area contributed by atoms with Gasteiger partial charge in [0.2, 0.25) is 5.16 Å². The lowest BCUT2D eigenvalue weighted by atomic mass is 10.2. The molecule has 8 heteroatoms. The fraction of sp³-hybridized carbons (Fsp3) is 0.263. The Morgan fingerprint density at radius 2 is 1.56 bits per heavy atom. The normalized spacial score (nSPS) is 10.6. The van der Waals surface area contributed by atoms with Crippen LogP contribution in [0.25, 0.3) is 11.4 Å². The molecular formula is C19H22N4O3S. The summed E-state index contributed by atoms with van der Waals surface area (Å²) in [5.74, 6) is 9.85. The van der Waals surface area contributed by atoms with E-state index in [1.165, 1.54) is 16.4 Å². The fourth-order valence-electron chi connectivity index (χ4n) is 2.40. The highest BCUT2D eigenvalue weighted by Crippen LogP contribution is 2.24. The van der Waals surface area contributed by atoms with E-state index < -0.39 is 0 Å². The molecule has 0 fully saturated rings. The number of hydrogen-bond acceptors (Lipinski definition) is 7. The molecule has 0 amide bonds. The number of benzene rings is 2. The third-order valence-electron chi connectivity index (χ3n) is 3.73. The van der Waals surface area contributed by atoms with Crippen LogP contribution in [0.3, 0.4) is 0 Å². The van der Waals surface area contributed by atoms with E-state index in [1.54, 1.807) is 7.11 Å². The van der Waals surface area contributed by atoms with Crippen molar-refractivity contribution in [2.45, 2.75) is 12.1 Å². The minimum Gasteiger partial charge on any atom is -0.497 e. The molecular weight excluding hydrogens is 364 g/mol. The maximum Gasteiger partial charge on any atom is 0.210 e. The molecule has 0 bridgehead atoms. The van der Waals surface area contributed by atoms with Crippen LogP contribution < -0.4 is 20.1 Å². The molecule has 2 aromatic carbocycles. The van der Waals surface area contributed by atoms with Crippen molar-refractivity contribution in [3.63, 3.8) is 0 Å². The van der Waals surface area contributed by atoms with Gasteiger partial charge in [-0.15, -0.1) is 10.2 Å². The summed E-state index contributed by atoms with van der Waals surface area (Å²) in [5.41, 5.74) is 0.878. The van der Waals surface area contributed by atoms with E-state index in [2.05, 4.69) is 10.2 Å². The minimum atomic E-state index is 0.531. The van der Waals surface area contributed by atoms with E-state index in [-0.39, 0.29) is 0 Å². The summed E-state index contributed by atoms with van der Waals surface area (Å²) < 4.78 is 17.8. The van der Waals surface area contributed by atoms with Crippen LogP contribution in [0.1, 0.15) is 6.92 Å². The van der Waals surface area contributed by atoms with Crippen molar-refractivity contribution in [2.24, 2.45) is 0 Å². The Labute approximate surface area is 162 Å². The molecule has 0 aliphatic heterocycles. The summed E-state index contributed by atoms with van der Waals surface area (Å²) in [6.45, 7) is 3.14. The molecule has 0 unspecified atom stereocenters. The predicted molar refractivity (Wildman–Crippen MR) is 106 cm³/mol. The molecule has 1 aromatic heterocycles. The van der Waals surface area contributed by atoms with Crippen LogP contribution >= 0.6 is 11.8 Å². The van der Waals surface area contributed by atoms with Gasteiger partial charge in [0.25, 0.3) is 0 Å². The number of ether oxygens (including phenoxy) is 3. The smallest absolute Gasteiger partial charge is 0.210 e. The van der Waals surface area contributed by atoms with Crippen molar-refractivity contribution >= 4 is 11.8 Å². The molecule has 3 rings (SSSR count). The molecule has 0 saturated carbocycles. The number of hydrogen-bond donors (Lipinski definition) is 1. The number of rotatable bonds is 9. The van der Waals surface area contributed by atoms with E-state index >= 15 is 0 Å². The number of aromatic nitrogens is 3. The standard InChI is InChI=1S/C19H22N4O3S/c1-3-25-16-8-10-17(11-9-16)26-12-13-27-19-22-21-18(23(19)20)14-4-6-15(24-2)7-5-14/h4-11H,3,12-13,20H2,1-2H3. The molecule has 0 radical (unpaired) electrons. The minimum absolute atomic E-state index is 0.531. The first-order valence-corrected chi connectivity index (χ1v) is 9.53. The van der Waals surface area contributed by atoms with Crippen LogP contribution in [-0.4, -0.2) is 40.9 Å². The number of nitrogen functional groups attached to an aromatic ring is 1. The average molecular weight is 386 g/mol. The SMILES string of the molecule is CCOc1ccc(OCCSc2nnc(-c3ccc(OC)cc3)n2N)cc1. The van der Waals surface area contributed by atoms with E-state index in [0.717, 1.165) is 22.8 Å². The van der Waals surface area contributed by atoms with Crippen molar-refractivity contribution in [2.75, 3.05) is 31.9 Å². The van der Waals surface area contributed by atoms with Crippen LogP contribution in [0, 0.1) is 0 Å². The molecule has 0 saturated heterocycles. The first kappa shape index (κ1) is 18.9. The summed E-state index contributed by atoms with van der Waals surface area (Å²) >= 11 is 1.49. The molecule has 1 heterocycles. The zero-order chi connectivity index (χ0) is 19.1. The fourth-order valence-corrected chi connectivity index (χ4v) is 3.08. The lowest BCUT2D eigenvalue weighted by molar-refractivity contribution is 0.332. The zero-order valence-electron chi connectivity index (χ0n) is 15.3. The van der Waals surface area contributed by atoms with Crippen LogP contribution in [0.4, 0.5) is 0 Å². The van der Waals surface area contributed by atoms with Crippen molar-refractivity contribution in [1.29, 1.82) is 0 Å². The summed E-state index contributed by atoms with van der Waals surface area (Å²) in [6.07, 6.45) is 0. The molecule has 7 nitrogen and oxygen atoms in total. The Bertz CT molecular complexity index is 850. The van der Waals surface area contributed by atoms with E-state index in [0.29, 0.717) is 29.9 Å². The largest absolute Gasteiger partial charge is 0.497 e. The molecule has 142 valence electrons. The van der Waals surface area contributed by atoms with E-state index in [1.807, 2.05) is 55.5 Å². The van der Waals surface area contributed by atoms with Gasteiger partial charge in [0.05, 0.1) is 20.3 Å². The van der Waals surface area contributed by atoms with Gasteiger partial charge in [0.1, 0.15) is 17.2 Å². The lowest BCUT2D eigenvalue weighted by Crippen LogP contribution is -2.12. The quantitative estimate of drug-likeness (QED) is 0.343. The highest BCUT2D eigenvalue weighted by atomic mass is 32.2. The average Bonchev–Trinajstić information content (AvgIpc) is 3.07. The second-order valence-electron chi connectivity index (χ2n) is 5.51. The Kier molecular flexibility index (Phi) is 6.43. The first-order chi connectivity index (χ1) is 13.2. The summed E-state index contributed by atoms with van der Waals surface area (Å²) in [7, 11) is 1.63. The molecule has 0 spiro atoms. The second-order valence-corrected chi connectivity index (χ2v) is 6.57. The predicted octanol–water partition coefficient (Wildman–Crippen LogP) is 3.24. The Morgan fingerprint density at radius 3 is 2.19 bits per heavy atom.